The Hall–Kier alpha value is -1.22. The fourth-order valence-electron chi connectivity index (χ4n) is 1.58. The summed E-state index contributed by atoms with van der Waals surface area (Å²) >= 11 is 0. The summed E-state index contributed by atoms with van der Waals surface area (Å²) in [5.74, 6) is 1.79. The second kappa shape index (κ2) is 3.42. The molecular weight excluding hydrogens is 204 g/mol. The summed E-state index contributed by atoms with van der Waals surface area (Å²) in [7, 11) is -1.57. The molecule has 0 saturated carbocycles. The third-order valence-electron chi connectivity index (χ3n) is 2.12. The minimum Gasteiger partial charge on any atom is -0.542 e. The molecule has 0 aliphatic carbocycles. The molecule has 0 unspecified atom stereocenters. The number of hydrogen-bond acceptors (Lipinski definition) is 2. The highest BCUT2D eigenvalue weighted by atomic mass is 28.4. The zero-order chi connectivity index (χ0) is 11.1. The van der Waals surface area contributed by atoms with E-state index in [2.05, 4.69) is 19.6 Å². The van der Waals surface area contributed by atoms with E-state index >= 15 is 0 Å². The number of para-hydroxylation sites is 1. The van der Waals surface area contributed by atoms with Crippen molar-refractivity contribution >= 4 is 19.3 Å². The van der Waals surface area contributed by atoms with Crippen molar-refractivity contribution in [3.63, 3.8) is 0 Å². The standard InChI is InChI=1S/C12H16O2Si/c1-9-12(14-15(2,3)4)10-7-5-6-8-11(10)13-9/h5-8H,1-4H3. The van der Waals surface area contributed by atoms with E-state index < -0.39 is 8.32 Å². The Kier molecular flexibility index (Phi) is 2.35. The molecule has 2 nitrogen and oxygen atoms in total. The Balaban J connectivity index is 2.54. The van der Waals surface area contributed by atoms with Crippen molar-refractivity contribution in [3.05, 3.63) is 30.0 Å². The fourth-order valence-corrected chi connectivity index (χ4v) is 2.44. The van der Waals surface area contributed by atoms with Gasteiger partial charge in [0.1, 0.15) is 11.3 Å². The van der Waals surface area contributed by atoms with E-state index in [4.69, 9.17) is 8.84 Å². The van der Waals surface area contributed by atoms with Crippen LogP contribution in [0.15, 0.2) is 28.7 Å². The van der Waals surface area contributed by atoms with Crippen LogP contribution >= 0.6 is 0 Å². The lowest BCUT2D eigenvalue weighted by molar-refractivity contribution is 0.510. The zero-order valence-electron chi connectivity index (χ0n) is 9.63. The van der Waals surface area contributed by atoms with Crippen LogP contribution in [0.5, 0.6) is 5.75 Å². The van der Waals surface area contributed by atoms with Crippen LogP contribution < -0.4 is 4.43 Å². The van der Waals surface area contributed by atoms with Crippen LogP contribution in [0, 0.1) is 6.92 Å². The van der Waals surface area contributed by atoms with Gasteiger partial charge >= 0.3 is 0 Å². The van der Waals surface area contributed by atoms with Crippen molar-refractivity contribution in [1.29, 1.82) is 0 Å². The number of rotatable bonds is 2. The van der Waals surface area contributed by atoms with Gasteiger partial charge in [0.25, 0.3) is 0 Å². The molecule has 2 rings (SSSR count). The first kappa shape index (κ1) is 10.3. The average Bonchev–Trinajstić information content (AvgIpc) is 2.41. The Morgan fingerprint density at radius 3 is 2.47 bits per heavy atom. The van der Waals surface area contributed by atoms with Gasteiger partial charge in [0.15, 0.2) is 5.75 Å². The molecule has 80 valence electrons. The lowest BCUT2D eigenvalue weighted by Gasteiger charge is -2.18. The molecule has 0 atom stereocenters. The van der Waals surface area contributed by atoms with Crippen LogP contribution in [-0.2, 0) is 0 Å². The molecule has 0 bridgehead atoms. The molecule has 1 aromatic carbocycles. The zero-order valence-corrected chi connectivity index (χ0v) is 10.6. The first-order valence-electron chi connectivity index (χ1n) is 5.14. The van der Waals surface area contributed by atoms with E-state index in [1.807, 2.05) is 31.2 Å². The van der Waals surface area contributed by atoms with Crippen molar-refractivity contribution in [2.24, 2.45) is 0 Å². The number of benzene rings is 1. The molecule has 3 heteroatoms. The third-order valence-corrected chi connectivity index (χ3v) is 2.94. The highest BCUT2D eigenvalue weighted by Gasteiger charge is 2.21. The van der Waals surface area contributed by atoms with Gasteiger partial charge in [0.2, 0.25) is 8.32 Å². The Morgan fingerprint density at radius 2 is 1.80 bits per heavy atom. The third kappa shape index (κ3) is 2.07. The number of furan rings is 1. The van der Waals surface area contributed by atoms with Crippen LogP contribution in [0.25, 0.3) is 11.0 Å². The van der Waals surface area contributed by atoms with Crippen molar-refractivity contribution < 1.29 is 8.84 Å². The molecular formula is C12H16O2Si. The molecule has 0 saturated heterocycles. The molecule has 0 aliphatic rings. The maximum atomic E-state index is 6.03. The molecule has 1 aromatic heterocycles. The van der Waals surface area contributed by atoms with Crippen LogP contribution in [0.4, 0.5) is 0 Å². The van der Waals surface area contributed by atoms with E-state index in [1.165, 1.54) is 0 Å². The van der Waals surface area contributed by atoms with Gasteiger partial charge in [-0.15, -0.1) is 0 Å². The van der Waals surface area contributed by atoms with Gasteiger partial charge in [0, 0.05) is 0 Å². The van der Waals surface area contributed by atoms with E-state index in [-0.39, 0.29) is 0 Å². The van der Waals surface area contributed by atoms with E-state index in [0.29, 0.717) is 0 Å². The molecule has 0 N–H and O–H groups in total. The Bertz CT molecular complexity index is 480. The summed E-state index contributed by atoms with van der Waals surface area (Å²) in [6, 6.07) is 8.00. The quantitative estimate of drug-likeness (QED) is 0.715. The highest BCUT2D eigenvalue weighted by molar-refractivity contribution is 6.70. The predicted octanol–water partition coefficient (Wildman–Crippen LogP) is 3.95. The molecule has 15 heavy (non-hydrogen) atoms. The highest BCUT2D eigenvalue weighted by Crippen LogP contribution is 2.33. The number of fused-ring (bicyclic) bond motifs is 1. The summed E-state index contributed by atoms with van der Waals surface area (Å²) in [5, 5.41) is 1.08. The van der Waals surface area contributed by atoms with Crippen LogP contribution in [0.2, 0.25) is 19.6 Å². The van der Waals surface area contributed by atoms with Gasteiger partial charge in [-0.2, -0.15) is 0 Å². The summed E-state index contributed by atoms with van der Waals surface area (Å²) < 4.78 is 11.7. The summed E-state index contributed by atoms with van der Waals surface area (Å²) in [5.41, 5.74) is 0.906. The molecule has 0 fully saturated rings. The predicted molar refractivity (Wildman–Crippen MR) is 64.9 cm³/mol. The molecule has 0 spiro atoms. The molecule has 1 heterocycles. The second-order valence-corrected chi connectivity index (χ2v) is 9.13. The van der Waals surface area contributed by atoms with Crippen molar-refractivity contribution in [2.45, 2.75) is 26.6 Å². The lowest BCUT2D eigenvalue weighted by atomic mass is 10.2. The summed E-state index contributed by atoms with van der Waals surface area (Å²) in [4.78, 5) is 0. The minimum absolute atomic E-state index is 0.874. The van der Waals surface area contributed by atoms with Gasteiger partial charge in [-0.3, -0.25) is 0 Å². The Labute approximate surface area is 91.0 Å². The SMILES string of the molecule is Cc1oc2ccccc2c1O[Si](C)(C)C. The van der Waals surface area contributed by atoms with Gasteiger partial charge in [-0.25, -0.2) is 0 Å². The molecule has 0 amide bonds. The van der Waals surface area contributed by atoms with E-state index in [0.717, 1.165) is 22.5 Å². The van der Waals surface area contributed by atoms with Gasteiger partial charge < -0.3 is 8.84 Å². The van der Waals surface area contributed by atoms with Crippen LogP contribution in [0.1, 0.15) is 5.76 Å². The number of hydrogen-bond donors (Lipinski definition) is 0. The maximum absolute atomic E-state index is 6.03. The van der Waals surface area contributed by atoms with Crippen LogP contribution in [-0.4, -0.2) is 8.32 Å². The molecule has 0 radical (unpaired) electrons. The monoisotopic (exact) mass is 220 g/mol. The lowest BCUT2D eigenvalue weighted by Crippen LogP contribution is -2.29. The number of aryl methyl sites for hydroxylation is 1. The van der Waals surface area contributed by atoms with Crippen molar-refractivity contribution in [2.75, 3.05) is 0 Å². The van der Waals surface area contributed by atoms with Gasteiger partial charge in [-0.05, 0) is 38.7 Å². The molecule has 2 aromatic rings. The van der Waals surface area contributed by atoms with Gasteiger partial charge in [0.05, 0.1) is 5.39 Å². The van der Waals surface area contributed by atoms with Gasteiger partial charge in [-0.1, -0.05) is 12.1 Å². The normalized spacial score (nSPS) is 12.0. The fraction of sp³-hybridized carbons (Fsp3) is 0.333. The summed E-state index contributed by atoms with van der Waals surface area (Å²) in [6.45, 7) is 8.48. The average molecular weight is 220 g/mol. The maximum Gasteiger partial charge on any atom is 0.242 e. The van der Waals surface area contributed by atoms with Crippen molar-refractivity contribution in [3.8, 4) is 5.75 Å². The van der Waals surface area contributed by atoms with Crippen LogP contribution in [0.3, 0.4) is 0 Å². The largest absolute Gasteiger partial charge is 0.542 e. The van der Waals surface area contributed by atoms with E-state index in [1.54, 1.807) is 0 Å². The topological polar surface area (TPSA) is 22.4 Å². The first-order valence-corrected chi connectivity index (χ1v) is 8.55. The first-order chi connectivity index (χ1) is 6.97. The summed E-state index contributed by atoms with van der Waals surface area (Å²) in [6.07, 6.45) is 0. The van der Waals surface area contributed by atoms with Crippen molar-refractivity contribution in [1.82, 2.24) is 0 Å². The second-order valence-electron chi connectivity index (χ2n) is 4.70. The smallest absolute Gasteiger partial charge is 0.242 e. The minimum atomic E-state index is -1.57. The van der Waals surface area contributed by atoms with E-state index in [9.17, 15) is 0 Å². The molecule has 0 aliphatic heterocycles. The Morgan fingerprint density at radius 1 is 1.13 bits per heavy atom.